The van der Waals surface area contributed by atoms with Crippen molar-refractivity contribution in [1.82, 2.24) is 16.0 Å². The Bertz CT molecular complexity index is 688. The fraction of sp³-hybridized carbons (Fsp3) is 0.762. The predicted octanol–water partition coefficient (Wildman–Crippen LogP) is 0.173. The lowest BCUT2D eigenvalue weighted by molar-refractivity contribution is -0.142. The zero-order valence-corrected chi connectivity index (χ0v) is 20.7. The molecule has 0 heterocycles. The number of amides is 3. The number of rotatable bonds is 16. The molecule has 0 radical (unpaired) electrons. The summed E-state index contributed by atoms with van der Waals surface area (Å²) >= 11 is 1.46. The number of carbonyl (C=O) groups excluding carboxylic acids is 3. The average Bonchev–Trinajstić information content (AvgIpc) is 2.68. The summed E-state index contributed by atoms with van der Waals surface area (Å²) in [5, 5.41) is 25.8. The zero-order chi connectivity index (χ0) is 25.7. The van der Waals surface area contributed by atoms with Gasteiger partial charge in [0.1, 0.15) is 18.1 Å². The van der Waals surface area contributed by atoms with Gasteiger partial charge in [-0.2, -0.15) is 11.8 Å². The Hall–Kier alpha value is -2.34. The first-order valence-electron chi connectivity index (χ1n) is 10.9. The molecule has 0 spiro atoms. The van der Waals surface area contributed by atoms with Gasteiger partial charge in [0.25, 0.3) is 0 Å². The minimum Gasteiger partial charge on any atom is -0.481 e. The smallest absolute Gasteiger partial charge is 0.326 e. The molecule has 0 bridgehead atoms. The number of aliphatic carboxylic acids is 2. The molecule has 0 fully saturated rings. The Morgan fingerprint density at radius 3 is 1.70 bits per heavy atom. The van der Waals surface area contributed by atoms with E-state index < -0.39 is 60.2 Å². The lowest BCUT2D eigenvalue weighted by Crippen LogP contribution is -2.57. The van der Waals surface area contributed by atoms with Crippen LogP contribution in [0.1, 0.15) is 53.4 Å². The van der Waals surface area contributed by atoms with Crippen LogP contribution in [0.15, 0.2) is 0 Å². The first-order chi connectivity index (χ1) is 15.3. The molecule has 4 unspecified atom stereocenters. The summed E-state index contributed by atoms with van der Waals surface area (Å²) in [6, 6.07) is -4.45. The van der Waals surface area contributed by atoms with E-state index in [1.165, 1.54) is 11.8 Å². The van der Waals surface area contributed by atoms with Gasteiger partial charge in [-0.1, -0.05) is 27.7 Å². The maximum Gasteiger partial charge on any atom is 0.326 e. The monoisotopic (exact) mass is 490 g/mol. The second-order valence-electron chi connectivity index (χ2n) is 8.77. The highest BCUT2D eigenvalue weighted by atomic mass is 32.2. The maximum absolute atomic E-state index is 12.9. The molecule has 33 heavy (non-hydrogen) atoms. The van der Waals surface area contributed by atoms with E-state index in [1.54, 1.807) is 0 Å². The van der Waals surface area contributed by atoms with Gasteiger partial charge in [-0.25, -0.2) is 4.79 Å². The lowest BCUT2D eigenvalue weighted by atomic mass is 10.0. The first-order valence-corrected chi connectivity index (χ1v) is 12.3. The van der Waals surface area contributed by atoms with Crippen molar-refractivity contribution in [1.29, 1.82) is 0 Å². The zero-order valence-electron chi connectivity index (χ0n) is 19.9. The largest absolute Gasteiger partial charge is 0.481 e. The van der Waals surface area contributed by atoms with Crippen molar-refractivity contribution >= 4 is 41.4 Å². The van der Waals surface area contributed by atoms with E-state index in [9.17, 15) is 29.1 Å². The topological polar surface area (TPSA) is 188 Å². The van der Waals surface area contributed by atoms with Crippen molar-refractivity contribution in [2.75, 3.05) is 12.0 Å². The summed E-state index contributed by atoms with van der Waals surface area (Å²) < 4.78 is 0. The second kappa shape index (κ2) is 15.5. The molecular formula is C21H38N4O7S. The van der Waals surface area contributed by atoms with Crippen LogP contribution in [0.4, 0.5) is 0 Å². The van der Waals surface area contributed by atoms with Crippen molar-refractivity contribution in [2.24, 2.45) is 17.6 Å². The van der Waals surface area contributed by atoms with Crippen LogP contribution in [0.3, 0.4) is 0 Å². The number of nitrogens with two attached hydrogens (primary N) is 1. The summed E-state index contributed by atoms with van der Waals surface area (Å²) in [6.07, 6.45) is 1.97. The summed E-state index contributed by atoms with van der Waals surface area (Å²) in [5.41, 5.74) is 5.59. The molecule has 4 atom stereocenters. The lowest BCUT2D eigenvalue weighted by Gasteiger charge is -2.26. The Kier molecular flexibility index (Phi) is 14.4. The number of hydrogen-bond donors (Lipinski definition) is 6. The molecule has 7 N–H and O–H groups in total. The normalized spacial score (nSPS) is 14.8. The molecular weight excluding hydrogens is 452 g/mol. The van der Waals surface area contributed by atoms with E-state index in [-0.39, 0.29) is 31.1 Å². The quantitative estimate of drug-likeness (QED) is 0.175. The van der Waals surface area contributed by atoms with Crippen molar-refractivity contribution < 1.29 is 34.2 Å². The van der Waals surface area contributed by atoms with Crippen molar-refractivity contribution in [3.8, 4) is 0 Å². The van der Waals surface area contributed by atoms with E-state index >= 15 is 0 Å². The highest BCUT2D eigenvalue weighted by Gasteiger charge is 2.31. The van der Waals surface area contributed by atoms with Crippen LogP contribution in [0.5, 0.6) is 0 Å². The van der Waals surface area contributed by atoms with Crippen LogP contribution >= 0.6 is 11.8 Å². The second-order valence-corrected chi connectivity index (χ2v) is 9.75. The summed E-state index contributed by atoms with van der Waals surface area (Å²) in [7, 11) is 0. The molecule has 0 aliphatic carbocycles. The average molecular weight is 491 g/mol. The highest BCUT2D eigenvalue weighted by Crippen LogP contribution is 2.10. The van der Waals surface area contributed by atoms with Gasteiger partial charge in [-0.05, 0) is 43.1 Å². The van der Waals surface area contributed by atoms with Crippen molar-refractivity contribution in [3.63, 3.8) is 0 Å². The van der Waals surface area contributed by atoms with E-state index in [4.69, 9.17) is 10.8 Å². The Morgan fingerprint density at radius 2 is 1.24 bits per heavy atom. The fourth-order valence-electron chi connectivity index (χ4n) is 3.00. The molecule has 0 aliphatic rings. The van der Waals surface area contributed by atoms with Gasteiger partial charge >= 0.3 is 11.9 Å². The summed E-state index contributed by atoms with van der Waals surface area (Å²) in [6.45, 7) is 7.35. The molecule has 0 aromatic carbocycles. The number of carboxylic acid groups (broad SMARTS) is 2. The number of nitrogens with one attached hydrogen (secondary N) is 3. The minimum atomic E-state index is -1.33. The molecule has 3 amide bonds. The molecule has 0 aromatic rings. The minimum absolute atomic E-state index is 0.00217. The molecule has 190 valence electrons. The fourth-order valence-corrected chi connectivity index (χ4v) is 3.48. The molecule has 0 saturated heterocycles. The Balaban J connectivity index is 5.47. The molecule has 12 heteroatoms. The highest BCUT2D eigenvalue weighted by molar-refractivity contribution is 7.98. The van der Waals surface area contributed by atoms with Gasteiger partial charge in [-0.15, -0.1) is 0 Å². The standard InChI is InChI=1S/C21H38N4O7S/c1-11(2)8-15(24-18(28)13(22)10-17(26)27)20(30)23-14(6-7-33-5)19(29)25-16(21(31)32)9-12(3)4/h11-16H,6-10,22H2,1-5H3,(H,23,30)(H,24,28)(H,25,29)(H,26,27)(H,31,32). The predicted molar refractivity (Wildman–Crippen MR) is 126 cm³/mol. The third kappa shape index (κ3) is 13.1. The van der Waals surface area contributed by atoms with Crippen LogP contribution in [0, 0.1) is 11.8 Å². The molecule has 0 aromatic heterocycles. The Morgan fingerprint density at radius 1 is 0.788 bits per heavy atom. The van der Waals surface area contributed by atoms with Crippen molar-refractivity contribution in [3.05, 3.63) is 0 Å². The van der Waals surface area contributed by atoms with Gasteiger partial charge in [0, 0.05) is 0 Å². The van der Waals surface area contributed by atoms with Gasteiger partial charge in [0.2, 0.25) is 17.7 Å². The van der Waals surface area contributed by atoms with Crippen LogP contribution in [0.2, 0.25) is 0 Å². The number of thioether (sulfide) groups is 1. The molecule has 11 nitrogen and oxygen atoms in total. The van der Waals surface area contributed by atoms with E-state index in [2.05, 4.69) is 16.0 Å². The molecule has 0 rings (SSSR count). The van der Waals surface area contributed by atoms with Gasteiger partial charge < -0.3 is 31.9 Å². The van der Waals surface area contributed by atoms with Crippen molar-refractivity contribution in [2.45, 2.75) is 77.5 Å². The van der Waals surface area contributed by atoms with E-state index in [1.807, 2.05) is 34.0 Å². The third-order valence-electron chi connectivity index (χ3n) is 4.64. The van der Waals surface area contributed by atoms with Crippen LogP contribution in [-0.4, -0.2) is 76.0 Å². The van der Waals surface area contributed by atoms with Crippen LogP contribution in [-0.2, 0) is 24.0 Å². The van der Waals surface area contributed by atoms with Gasteiger partial charge in [0.05, 0.1) is 12.5 Å². The SMILES string of the molecule is CSCCC(NC(=O)C(CC(C)C)NC(=O)C(N)CC(=O)O)C(=O)NC(CC(C)C)C(=O)O. The maximum atomic E-state index is 12.9. The number of hydrogen-bond acceptors (Lipinski definition) is 7. The number of carbonyl (C=O) groups is 5. The molecule has 0 saturated carbocycles. The Labute approximate surface area is 199 Å². The van der Waals surface area contributed by atoms with Crippen LogP contribution < -0.4 is 21.7 Å². The summed E-state index contributed by atoms with van der Waals surface area (Å²) in [4.78, 5) is 60.3. The molecule has 0 aliphatic heterocycles. The van der Waals surface area contributed by atoms with Gasteiger partial charge in [-0.3, -0.25) is 19.2 Å². The third-order valence-corrected chi connectivity index (χ3v) is 5.28. The van der Waals surface area contributed by atoms with E-state index in [0.717, 1.165) is 0 Å². The first kappa shape index (κ1) is 30.7. The van der Waals surface area contributed by atoms with E-state index in [0.29, 0.717) is 5.75 Å². The van der Waals surface area contributed by atoms with Crippen LogP contribution in [0.25, 0.3) is 0 Å². The summed E-state index contributed by atoms with van der Waals surface area (Å²) in [5.74, 6) is -3.88. The van der Waals surface area contributed by atoms with Gasteiger partial charge in [0.15, 0.2) is 0 Å². The number of carboxylic acids is 2.